The molecule has 1 aromatic carbocycles. The summed E-state index contributed by atoms with van der Waals surface area (Å²) in [5.74, 6) is 0.0581. The van der Waals surface area contributed by atoms with Gasteiger partial charge >= 0.3 is 0 Å². The van der Waals surface area contributed by atoms with Gasteiger partial charge < -0.3 is 20.1 Å². The van der Waals surface area contributed by atoms with Gasteiger partial charge in [-0.15, -0.1) is 0 Å². The summed E-state index contributed by atoms with van der Waals surface area (Å²) in [5.41, 5.74) is 0.569. The molecule has 3 N–H and O–H groups in total. The first-order valence-corrected chi connectivity index (χ1v) is 9.96. The van der Waals surface area contributed by atoms with Crippen LogP contribution in [0.15, 0.2) is 36.4 Å². The van der Waals surface area contributed by atoms with E-state index in [4.69, 9.17) is 4.74 Å². The van der Waals surface area contributed by atoms with Crippen LogP contribution in [0.5, 0.6) is 11.5 Å². The first kappa shape index (κ1) is 20.1. The number of nitrogens with zero attached hydrogens (tertiary/aromatic N) is 2. The minimum Gasteiger partial charge on any atom is -0.504 e. The number of rotatable bonds is 6. The summed E-state index contributed by atoms with van der Waals surface area (Å²) in [4.78, 5) is 5.78. The third kappa shape index (κ3) is 4.37. The van der Waals surface area contributed by atoms with Gasteiger partial charge in [-0.2, -0.15) is 4.39 Å². The van der Waals surface area contributed by atoms with Crippen molar-refractivity contribution in [3.63, 3.8) is 0 Å². The lowest BCUT2D eigenvalue weighted by Crippen LogP contribution is -2.33. The largest absolute Gasteiger partial charge is 0.504 e. The minimum atomic E-state index is -0.970. The van der Waals surface area contributed by atoms with Gasteiger partial charge in [0.25, 0.3) is 5.95 Å². The van der Waals surface area contributed by atoms with Crippen molar-refractivity contribution in [3.8, 4) is 11.5 Å². The number of hydrogen-bond acceptors (Lipinski definition) is 6. The van der Waals surface area contributed by atoms with Gasteiger partial charge in [-0.3, -0.25) is 4.90 Å². The lowest BCUT2D eigenvalue weighted by atomic mass is 9.91. The molecule has 1 aromatic heterocycles. The SMILES string of the molecule is COc1cccc(CC2(O)C[C@H]3CN(CC(O)c4ccc(O)c(F)n4)C[C@H]3C2)c1. The maximum Gasteiger partial charge on any atom is 0.255 e. The number of likely N-dealkylation sites (tertiary alicyclic amines) is 1. The molecule has 4 atom stereocenters. The second-order valence-corrected chi connectivity index (χ2v) is 8.46. The van der Waals surface area contributed by atoms with Gasteiger partial charge in [0.05, 0.1) is 18.4 Å². The molecule has 0 spiro atoms. The Hall–Kier alpha value is -2.22. The van der Waals surface area contributed by atoms with Gasteiger partial charge in [-0.05, 0) is 54.5 Å². The number of ether oxygens (including phenoxy) is 1. The Morgan fingerprint density at radius 3 is 2.62 bits per heavy atom. The van der Waals surface area contributed by atoms with E-state index in [1.807, 2.05) is 24.3 Å². The molecule has 7 heteroatoms. The number of β-amino-alcohol motifs (C(OH)–C–C–N with tert-alkyl or cyclic N) is 1. The summed E-state index contributed by atoms with van der Waals surface area (Å²) < 4.78 is 18.7. The van der Waals surface area contributed by atoms with Crippen molar-refractivity contribution < 1.29 is 24.4 Å². The maximum absolute atomic E-state index is 13.4. The van der Waals surface area contributed by atoms with Gasteiger partial charge in [-0.25, -0.2) is 4.98 Å². The van der Waals surface area contributed by atoms with Gasteiger partial charge in [0.15, 0.2) is 5.75 Å². The van der Waals surface area contributed by atoms with Gasteiger partial charge in [0.2, 0.25) is 0 Å². The van der Waals surface area contributed by atoms with Crippen LogP contribution in [0, 0.1) is 17.8 Å². The Kier molecular flexibility index (Phi) is 5.46. The van der Waals surface area contributed by atoms with Gasteiger partial charge in [-0.1, -0.05) is 12.1 Å². The van der Waals surface area contributed by atoms with Crippen LogP contribution in [0.25, 0.3) is 0 Å². The fourth-order valence-corrected chi connectivity index (χ4v) is 4.98. The molecule has 0 radical (unpaired) electrons. The second-order valence-electron chi connectivity index (χ2n) is 8.46. The minimum absolute atomic E-state index is 0.215. The van der Waals surface area contributed by atoms with E-state index in [2.05, 4.69) is 9.88 Å². The van der Waals surface area contributed by atoms with E-state index in [1.54, 1.807) is 7.11 Å². The van der Waals surface area contributed by atoms with Crippen molar-refractivity contribution in [2.75, 3.05) is 26.7 Å². The van der Waals surface area contributed by atoms with Gasteiger partial charge in [0.1, 0.15) is 11.9 Å². The number of fused-ring (bicyclic) bond motifs is 1. The topological polar surface area (TPSA) is 86.1 Å². The number of aliphatic hydroxyl groups is 2. The highest BCUT2D eigenvalue weighted by Crippen LogP contribution is 2.45. The van der Waals surface area contributed by atoms with E-state index in [0.29, 0.717) is 24.8 Å². The van der Waals surface area contributed by atoms with Crippen LogP contribution >= 0.6 is 0 Å². The Morgan fingerprint density at radius 2 is 1.97 bits per heavy atom. The molecule has 2 aliphatic rings. The number of hydrogen-bond donors (Lipinski definition) is 3. The Bertz CT molecular complexity index is 864. The zero-order valence-corrected chi connectivity index (χ0v) is 16.5. The summed E-state index contributed by atoms with van der Waals surface area (Å²) in [5, 5.41) is 30.8. The summed E-state index contributed by atoms with van der Waals surface area (Å²) in [6.07, 6.45) is 1.15. The lowest BCUT2D eigenvalue weighted by molar-refractivity contribution is 0.0326. The number of benzene rings is 1. The summed E-state index contributed by atoms with van der Waals surface area (Å²) in [6, 6.07) is 10.5. The smallest absolute Gasteiger partial charge is 0.255 e. The summed E-state index contributed by atoms with van der Waals surface area (Å²) in [6.45, 7) is 1.95. The molecule has 2 unspecified atom stereocenters. The van der Waals surface area contributed by atoms with E-state index in [0.717, 1.165) is 37.2 Å². The Balaban J connectivity index is 1.34. The average Bonchev–Trinajstić information content (AvgIpc) is 3.17. The number of methoxy groups -OCH3 is 1. The van der Waals surface area contributed by atoms with E-state index in [9.17, 15) is 19.7 Å². The quantitative estimate of drug-likeness (QED) is 0.643. The molecule has 1 saturated heterocycles. The number of pyridine rings is 1. The highest BCUT2D eigenvalue weighted by atomic mass is 19.1. The zero-order valence-electron chi connectivity index (χ0n) is 16.5. The molecule has 1 saturated carbocycles. The van der Waals surface area contributed by atoms with E-state index in [-0.39, 0.29) is 5.69 Å². The van der Waals surface area contributed by atoms with Gasteiger partial charge in [0, 0.05) is 26.1 Å². The fourth-order valence-electron chi connectivity index (χ4n) is 4.98. The fraction of sp³-hybridized carbons (Fsp3) is 0.500. The van der Waals surface area contributed by atoms with Crippen LogP contribution in [0.3, 0.4) is 0 Å². The van der Waals surface area contributed by atoms with E-state index >= 15 is 0 Å². The van der Waals surface area contributed by atoms with E-state index < -0.39 is 23.4 Å². The molecule has 0 amide bonds. The molecule has 2 heterocycles. The van der Waals surface area contributed by atoms with Crippen LogP contribution in [0.2, 0.25) is 0 Å². The first-order valence-electron chi connectivity index (χ1n) is 9.96. The predicted octanol–water partition coefficient (Wildman–Crippen LogP) is 2.28. The molecule has 2 fully saturated rings. The third-order valence-electron chi connectivity index (χ3n) is 6.23. The normalized spacial score (nSPS) is 27.7. The number of aliphatic hydroxyl groups excluding tert-OH is 1. The molecule has 4 rings (SSSR count). The highest BCUT2D eigenvalue weighted by molar-refractivity contribution is 5.30. The van der Waals surface area contributed by atoms with Crippen molar-refractivity contribution in [1.29, 1.82) is 0 Å². The first-order chi connectivity index (χ1) is 13.8. The van der Waals surface area contributed by atoms with Crippen molar-refractivity contribution >= 4 is 0 Å². The van der Waals surface area contributed by atoms with Crippen molar-refractivity contribution in [1.82, 2.24) is 9.88 Å². The molecule has 6 nitrogen and oxygen atoms in total. The zero-order chi connectivity index (χ0) is 20.6. The molecular weight excluding hydrogens is 375 g/mol. The molecule has 2 aromatic rings. The standard InChI is InChI=1S/C22H27FN2O4/c1-29-17-4-2-3-14(7-17)8-22(28)9-15-11-25(12-16(15)10-22)13-20(27)18-5-6-19(26)21(23)24-18/h2-7,15-16,20,26-28H,8-13H2,1H3/t15-,16+,20?,22?. The number of aromatic nitrogens is 1. The number of aromatic hydroxyl groups is 1. The molecule has 1 aliphatic carbocycles. The molecule has 0 bridgehead atoms. The van der Waals surface area contributed by atoms with Crippen LogP contribution in [-0.2, 0) is 6.42 Å². The highest BCUT2D eigenvalue weighted by Gasteiger charge is 2.48. The Labute approximate surface area is 169 Å². The Morgan fingerprint density at radius 1 is 1.24 bits per heavy atom. The lowest BCUT2D eigenvalue weighted by Gasteiger charge is -2.27. The molecule has 156 valence electrons. The van der Waals surface area contributed by atoms with Crippen LogP contribution in [0.4, 0.5) is 4.39 Å². The molecular formula is C22H27FN2O4. The van der Waals surface area contributed by atoms with Crippen molar-refractivity contribution in [3.05, 3.63) is 53.6 Å². The van der Waals surface area contributed by atoms with Crippen LogP contribution in [-0.4, -0.2) is 57.5 Å². The maximum atomic E-state index is 13.4. The number of halogens is 1. The predicted molar refractivity (Wildman–Crippen MR) is 105 cm³/mol. The second kappa shape index (κ2) is 7.89. The third-order valence-corrected chi connectivity index (χ3v) is 6.23. The summed E-state index contributed by atoms with van der Waals surface area (Å²) in [7, 11) is 1.64. The monoisotopic (exact) mass is 402 g/mol. The van der Waals surface area contributed by atoms with Crippen LogP contribution < -0.4 is 4.74 Å². The molecule has 29 heavy (non-hydrogen) atoms. The molecule has 1 aliphatic heterocycles. The summed E-state index contributed by atoms with van der Waals surface area (Å²) >= 11 is 0. The van der Waals surface area contributed by atoms with Crippen molar-refractivity contribution in [2.24, 2.45) is 11.8 Å². The van der Waals surface area contributed by atoms with Crippen LogP contribution in [0.1, 0.15) is 30.2 Å². The average molecular weight is 402 g/mol. The van der Waals surface area contributed by atoms with E-state index in [1.165, 1.54) is 12.1 Å². The van der Waals surface area contributed by atoms with Crippen molar-refractivity contribution in [2.45, 2.75) is 31.0 Å².